The fourth-order valence-corrected chi connectivity index (χ4v) is 5.36. The Bertz CT molecular complexity index is 1520. The maximum atomic E-state index is 13.7. The van der Waals surface area contributed by atoms with E-state index >= 15 is 0 Å². The number of benzene rings is 4. The number of carbonyl (C=O) groups is 1. The zero-order valence-corrected chi connectivity index (χ0v) is 21.1. The van der Waals surface area contributed by atoms with Gasteiger partial charge in [-0.3, -0.25) is 0 Å². The SMILES string of the molecule is O=C(Oc1ccc(Oc2ccccc2)cc1)N(Cc1ccccc1Cl)S(=O)(=O)c1ccc2c(c1)CCO2. The van der Waals surface area contributed by atoms with Crippen LogP contribution < -0.4 is 14.2 Å². The van der Waals surface area contributed by atoms with Crippen LogP contribution in [0.1, 0.15) is 11.1 Å². The highest BCUT2D eigenvalue weighted by Crippen LogP contribution is 2.31. The van der Waals surface area contributed by atoms with Gasteiger partial charge in [0.05, 0.1) is 18.0 Å². The van der Waals surface area contributed by atoms with Crippen molar-refractivity contribution in [3.8, 4) is 23.0 Å². The highest BCUT2D eigenvalue weighted by atomic mass is 35.5. The van der Waals surface area contributed by atoms with E-state index in [1.807, 2.05) is 30.3 Å². The second-order valence-corrected chi connectivity index (χ2v) is 10.5. The number of amides is 1. The van der Waals surface area contributed by atoms with E-state index in [4.69, 9.17) is 25.8 Å². The van der Waals surface area contributed by atoms with Crippen LogP contribution in [0.25, 0.3) is 0 Å². The zero-order chi connectivity index (χ0) is 25.8. The molecule has 1 amide bonds. The Morgan fingerprint density at radius 3 is 2.30 bits per heavy atom. The van der Waals surface area contributed by atoms with Crippen molar-refractivity contribution in [2.24, 2.45) is 0 Å². The molecule has 0 N–H and O–H groups in total. The van der Waals surface area contributed by atoms with E-state index in [1.54, 1.807) is 42.5 Å². The molecule has 0 bridgehead atoms. The lowest BCUT2D eigenvalue weighted by Gasteiger charge is -2.23. The third kappa shape index (κ3) is 5.55. The van der Waals surface area contributed by atoms with Gasteiger partial charge in [0.15, 0.2) is 0 Å². The summed E-state index contributed by atoms with van der Waals surface area (Å²) < 4.78 is 44.7. The Morgan fingerprint density at radius 2 is 1.54 bits per heavy atom. The topological polar surface area (TPSA) is 82.1 Å². The molecule has 1 heterocycles. The summed E-state index contributed by atoms with van der Waals surface area (Å²) in [6.45, 7) is 0.178. The van der Waals surface area contributed by atoms with E-state index in [-0.39, 0.29) is 17.2 Å². The van der Waals surface area contributed by atoms with Crippen molar-refractivity contribution in [2.45, 2.75) is 17.9 Å². The first-order valence-electron chi connectivity index (χ1n) is 11.5. The molecule has 37 heavy (non-hydrogen) atoms. The van der Waals surface area contributed by atoms with Crippen LogP contribution in [0.2, 0.25) is 5.02 Å². The van der Waals surface area contributed by atoms with E-state index in [0.29, 0.717) is 45.2 Å². The van der Waals surface area contributed by atoms with E-state index in [1.165, 1.54) is 24.3 Å². The Hall–Kier alpha value is -4.01. The van der Waals surface area contributed by atoms with Gasteiger partial charge in [0.1, 0.15) is 23.0 Å². The van der Waals surface area contributed by atoms with E-state index in [0.717, 1.165) is 5.56 Å². The molecule has 0 radical (unpaired) electrons. The molecule has 4 aromatic carbocycles. The molecule has 5 rings (SSSR count). The maximum absolute atomic E-state index is 13.7. The Labute approximate surface area is 219 Å². The van der Waals surface area contributed by atoms with Crippen LogP contribution in [-0.2, 0) is 23.0 Å². The summed E-state index contributed by atoms with van der Waals surface area (Å²) in [4.78, 5) is 13.2. The molecule has 0 saturated carbocycles. The van der Waals surface area contributed by atoms with Gasteiger partial charge >= 0.3 is 6.09 Å². The number of halogens is 1. The molecule has 0 fully saturated rings. The number of rotatable bonds is 7. The molecule has 0 unspecified atom stereocenters. The van der Waals surface area contributed by atoms with Crippen LogP contribution in [0, 0.1) is 0 Å². The molecule has 1 aliphatic heterocycles. The minimum absolute atomic E-state index is 0.0348. The highest BCUT2D eigenvalue weighted by molar-refractivity contribution is 7.89. The van der Waals surface area contributed by atoms with E-state index in [2.05, 4.69) is 0 Å². The smallest absolute Gasteiger partial charge is 0.429 e. The molecule has 0 saturated heterocycles. The summed E-state index contributed by atoms with van der Waals surface area (Å²) in [7, 11) is -4.29. The summed E-state index contributed by atoms with van der Waals surface area (Å²) in [5, 5.41) is 0.334. The Balaban J connectivity index is 1.41. The predicted molar refractivity (Wildman–Crippen MR) is 139 cm³/mol. The summed E-state index contributed by atoms with van der Waals surface area (Å²) in [5.41, 5.74) is 1.22. The average molecular weight is 536 g/mol. The molecule has 9 heteroatoms. The standard InChI is InChI=1S/C28H22ClNO6S/c29-26-9-5-4-6-21(26)19-30(37(32,33)25-14-15-27-20(18-25)16-17-34-27)28(31)36-24-12-10-23(11-13-24)35-22-7-2-1-3-8-22/h1-15,18H,16-17,19H2. The monoisotopic (exact) mass is 535 g/mol. The van der Waals surface area contributed by atoms with Crippen LogP contribution in [0.15, 0.2) is 102 Å². The molecule has 188 valence electrons. The largest absolute Gasteiger partial charge is 0.493 e. The normalized spacial score (nSPS) is 12.4. The number of fused-ring (bicyclic) bond motifs is 1. The van der Waals surface area contributed by atoms with Gasteiger partial charge in [-0.15, -0.1) is 0 Å². The molecule has 4 aromatic rings. The van der Waals surface area contributed by atoms with Crippen molar-refractivity contribution in [1.29, 1.82) is 0 Å². The molecule has 0 aliphatic carbocycles. The Kier molecular flexibility index (Phi) is 7.03. The molecule has 0 atom stereocenters. The highest BCUT2D eigenvalue weighted by Gasteiger charge is 2.33. The van der Waals surface area contributed by atoms with E-state index < -0.39 is 16.1 Å². The summed E-state index contributed by atoms with van der Waals surface area (Å²) in [5.74, 6) is 1.99. The number of hydrogen-bond acceptors (Lipinski definition) is 6. The van der Waals surface area contributed by atoms with Gasteiger partial charge in [0, 0.05) is 11.4 Å². The van der Waals surface area contributed by atoms with Crippen molar-refractivity contribution in [2.75, 3.05) is 6.61 Å². The minimum Gasteiger partial charge on any atom is -0.493 e. The number of carbonyl (C=O) groups excluding carboxylic acids is 1. The summed E-state index contributed by atoms with van der Waals surface area (Å²) in [6, 6.07) is 26.8. The maximum Gasteiger partial charge on any atom is 0.429 e. The lowest BCUT2D eigenvalue weighted by molar-refractivity contribution is 0.177. The molecule has 7 nitrogen and oxygen atoms in total. The molecule has 1 aliphatic rings. The van der Waals surface area contributed by atoms with Crippen LogP contribution >= 0.6 is 11.6 Å². The van der Waals surface area contributed by atoms with Gasteiger partial charge in [-0.05, 0) is 71.8 Å². The van der Waals surface area contributed by atoms with Crippen LogP contribution in [0.5, 0.6) is 23.0 Å². The second-order valence-electron chi connectivity index (χ2n) is 8.23. The van der Waals surface area contributed by atoms with Gasteiger partial charge in [-0.2, -0.15) is 4.31 Å². The lowest BCUT2D eigenvalue weighted by atomic mass is 10.2. The first kappa shape index (κ1) is 24.7. The predicted octanol–water partition coefficient (Wildman–Crippen LogP) is 6.46. The number of ether oxygens (including phenoxy) is 3. The molecular weight excluding hydrogens is 514 g/mol. The third-order valence-electron chi connectivity index (χ3n) is 5.73. The van der Waals surface area contributed by atoms with E-state index in [9.17, 15) is 13.2 Å². The zero-order valence-electron chi connectivity index (χ0n) is 19.5. The van der Waals surface area contributed by atoms with Gasteiger partial charge < -0.3 is 14.2 Å². The third-order valence-corrected chi connectivity index (χ3v) is 7.81. The quantitative estimate of drug-likeness (QED) is 0.270. The van der Waals surface area contributed by atoms with Crippen molar-refractivity contribution in [1.82, 2.24) is 4.31 Å². The van der Waals surface area contributed by atoms with Crippen molar-refractivity contribution in [3.05, 3.63) is 113 Å². The first-order chi connectivity index (χ1) is 17.9. The number of para-hydroxylation sites is 1. The molecule has 0 spiro atoms. The van der Waals surface area contributed by atoms with Crippen LogP contribution in [0.4, 0.5) is 4.79 Å². The second kappa shape index (κ2) is 10.5. The molecular formula is C28H22ClNO6S. The lowest BCUT2D eigenvalue weighted by Crippen LogP contribution is -2.38. The van der Waals surface area contributed by atoms with Gasteiger partial charge in [0.25, 0.3) is 10.0 Å². The fraction of sp³-hybridized carbons (Fsp3) is 0.107. The summed E-state index contributed by atoms with van der Waals surface area (Å²) in [6.07, 6.45) is -0.473. The minimum atomic E-state index is -4.29. The van der Waals surface area contributed by atoms with Crippen molar-refractivity contribution >= 4 is 27.7 Å². The summed E-state index contributed by atoms with van der Waals surface area (Å²) >= 11 is 6.29. The van der Waals surface area contributed by atoms with Crippen LogP contribution in [0.3, 0.4) is 0 Å². The van der Waals surface area contributed by atoms with Gasteiger partial charge in [-0.25, -0.2) is 13.2 Å². The molecule has 0 aromatic heterocycles. The van der Waals surface area contributed by atoms with Gasteiger partial charge in [0.2, 0.25) is 0 Å². The average Bonchev–Trinajstić information content (AvgIpc) is 3.38. The fourth-order valence-electron chi connectivity index (χ4n) is 3.83. The van der Waals surface area contributed by atoms with Crippen LogP contribution in [-0.4, -0.2) is 25.4 Å². The number of sulfonamides is 1. The number of hydrogen-bond donors (Lipinski definition) is 0. The Morgan fingerprint density at radius 1 is 0.865 bits per heavy atom. The van der Waals surface area contributed by atoms with Gasteiger partial charge in [-0.1, -0.05) is 48.0 Å². The van der Waals surface area contributed by atoms with Crippen molar-refractivity contribution in [3.63, 3.8) is 0 Å². The first-order valence-corrected chi connectivity index (χ1v) is 13.3. The number of nitrogens with zero attached hydrogens (tertiary/aromatic N) is 1. The van der Waals surface area contributed by atoms with Crippen molar-refractivity contribution < 1.29 is 27.4 Å².